The molecule has 1 saturated heterocycles. The molecule has 5 rings (SSSR count). The fraction of sp³-hybridized carbons (Fsp3) is 0.360. The number of carboxylic acids is 1. The smallest absolute Gasteiger partial charge is 0.306 e. The van der Waals surface area contributed by atoms with Crippen LogP contribution in [0.2, 0.25) is 5.02 Å². The van der Waals surface area contributed by atoms with Crippen LogP contribution in [0.15, 0.2) is 59.0 Å². The van der Waals surface area contributed by atoms with Crippen LogP contribution >= 0.6 is 11.6 Å². The molecule has 0 radical (unpaired) electrons. The van der Waals surface area contributed by atoms with Crippen LogP contribution in [0, 0.1) is 12.8 Å². The number of carbonyl (C=O) groups excluding carboxylic acids is 1. The summed E-state index contributed by atoms with van der Waals surface area (Å²) < 4.78 is 12.1. The lowest BCUT2D eigenvalue weighted by Gasteiger charge is -2.47. The van der Waals surface area contributed by atoms with E-state index in [0.29, 0.717) is 16.8 Å². The van der Waals surface area contributed by atoms with E-state index in [0.717, 1.165) is 24.0 Å². The fourth-order valence-electron chi connectivity index (χ4n) is 4.68. The maximum Gasteiger partial charge on any atom is 0.306 e. The Morgan fingerprint density at radius 1 is 1.15 bits per heavy atom. The van der Waals surface area contributed by atoms with E-state index >= 15 is 0 Å². The molecule has 1 aliphatic carbocycles. The number of carbonyl (C=O) groups is 2. The molecule has 9 heteroatoms. The van der Waals surface area contributed by atoms with Crippen LogP contribution < -0.4 is 0 Å². The minimum Gasteiger partial charge on any atom is -0.481 e. The largest absolute Gasteiger partial charge is 0.481 e. The summed E-state index contributed by atoms with van der Waals surface area (Å²) in [5.74, 6) is -0.611. The first-order chi connectivity index (χ1) is 16.4. The number of rotatable bonds is 7. The summed E-state index contributed by atoms with van der Waals surface area (Å²) in [5, 5.41) is 18.3. The number of halogens is 1. The van der Waals surface area contributed by atoms with Crippen molar-refractivity contribution in [2.45, 2.75) is 50.5 Å². The highest BCUT2D eigenvalue weighted by atomic mass is 35.5. The third-order valence-corrected chi connectivity index (χ3v) is 6.50. The quantitative estimate of drug-likeness (QED) is 0.522. The van der Waals surface area contributed by atoms with Crippen LogP contribution in [-0.2, 0) is 14.3 Å². The van der Waals surface area contributed by atoms with Crippen molar-refractivity contribution in [1.82, 2.24) is 15.1 Å². The number of benzene rings is 2. The van der Waals surface area contributed by atoms with Crippen LogP contribution in [0.5, 0.6) is 0 Å². The number of amides is 1. The second-order valence-electron chi connectivity index (χ2n) is 8.74. The van der Waals surface area contributed by atoms with Gasteiger partial charge in [-0.25, -0.2) is 0 Å². The Bertz CT molecular complexity index is 1200. The predicted octanol–water partition coefficient (Wildman–Crippen LogP) is 4.67. The molecule has 1 aliphatic heterocycles. The molecule has 1 saturated carbocycles. The molecule has 34 heavy (non-hydrogen) atoms. The minimum atomic E-state index is -1.16. The molecule has 2 aliphatic rings. The van der Waals surface area contributed by atoms with Crippen molar-refractivity contribution in [1.29, 1.82) is 0 Å². The average molecular weight is 482 g/mol. The topological polar surface area (TPSA) is 106 Å². The number of morpholine rings is 1. The van der Waals surface area contributed by atoms with Crippen molar-refractivity contribution in [3.63, 3.8) is 0 Å². The minimum absolute atomic E-state index is 0.138. The molecular weight excluding hydrogens is 458 g/mol. The highest BCUT2D eigenvalue weighted by molar-refractivity contribution is 6.30. The summed E-state index contributed by atoms with van der Waals surface area (Å²) >= 11 is 6.30. The monoisotopic (exact) mass is 481 g/mol. The number of carboxylic acid groups (broad SMARTS) is 1. The van der Waals surface area contributed by atoms with Crippen molar-refractivity contribution in [3.05, 3.63) is 82.5 Å². The van der Waals surface area contributed by atoms with Crippen molar-refractivity contribution in [2.75, 3.05) is 0 Å². The number of hydrogen-bond acceptors (Lipinski definition) is 6. The van der Waals surface area contributed by atoms with E-state index in [9.17, 15) is 14.7 Å². The van der Waals surface area contributed by atoms with Gasteiger partial charge in [0, 0.05) is 11.9 Å². The van der Waals surface area contributed by atoms with E-state index in [2.05, 4.69) is 10.2 Å². The molecule has 0 bridgehead atoms. The van der Waals surface area contributed by atoms with Gasteiger partial charge in [0.2, 0.25) is 11.8 Å². The maximum atomic E-state index is 13.9. The molecule has 0 spiro atoms. The number of hydrogen-bond donors (Lipinski definition) is 1. The molecular formula is C25H24ClN3O5. The van der Waals surface area contributed by atoms with E-state index in [-0.39, 0.29) is 5.92 Å². The van der Waals surface area contributed by atoms with Crippen molar-refractivity contribution >= 4 is 23.5 Å². The van der Waals surface area contributed by atoms with Gasteiger partial charge in [-0.1, -0.05) is 54.1 Å². The Labute approximate surface area is 201 Å². The molecule has 3 aromatic rings. The first-order valence-corrected chi connectivity index (χ1v) is 11.6. The number of aliphatic carboxylic acids is 1. The molecule has 1 amide bonds. The molecule has 4 atom stereocenters. The Kier molecular flexibility index (Phi) is 6.10. The summed E-state index contributed by atoms with van der Waals surface area (Å²) in [4.78, 5) is 27.2. The number of aryl methyl sites for hydroxylation is 1. The summed E-state index contributed by atoms with van der Waals surface area (Å²) in [6, 6.07) is 15.8. The third kappa shape index (κ3) is 4.43. The van der Waals surface area contributed by atoms with Crippen LogP contribution in [0.25, 0.3) is 0 Å². The Balaban J connectivity index is 1.68. The van der Waals surface area contributed by atoms with Gasteiger partial charge in [-0.2, -0.15) is 0 Å². The van der Waals surface area contributed by atoms with Crippen LogP contribution in [0.4, 0.5) is 0 Å². The van der Waals surface area contributed by atoms with E-state index in [4.69, 9.17) is 20.8 Å². The van der Waals surface area contributed by atoms with Gasteiger partial charge in [-0.3, -0.25) is 9.59 Å². The van der Waals surface area contributed by atoms with Crippen LogP contribution in [0.3, 0.4) is 0 Å². The van der Waals surface area contributed by atoms with Gasteiger partial charge in [0.15, 0.2) is 0 Å². The predicted molar refractivity (Wildman–Crippen MR) is 122 cm³/mol. The zero-order chi connectivity index (χ0) is 23.8. The Hall–Kier alpha value is -3.23. The van der Waals surface area contributed by atoms with Gasteiger partial charge in [0.1, 0.15) is 18.2 Å². The van der Waals surface area contributed by atoms with Gasteiger partial charge in [0.25, 0.3) is 5.91 Å². The SMILES string of the molecule is Cc1nnc(C(C2CC2)N2C(=O)C(CC(=O)O)OC(c3cccc(Cl)c3)C2c2ccccc2)o1. The van der Waals surface area contributed by atoms with Gasteiger partial charge in [0.05, 0.1) is 12.5 Å². The van der Waals surface area contributed by atoms with Gasteiger partial charge < -0.3 is 19.2 Å². The number of nitrogens with zero attached hydrogens (tertiary/aromatic N) is 3. The molecule has 1 N–H and O–H groups in total. The maximum absolute atomic E-state index is 13.9. The summed E-state index contributed by atoms with van der Waals surface area (Å²) in [7, 11) is 0. The zero-order valence-electron chi connectivity index (χ0n) is 18.5. The van der Waals surface area contributed by atoms with E-state index in [1.54, 1.807) is 24.0 Å². The normalized spacial score (nSPS) is 23.6. The lowest BCUT2D eigenvalue weighted by molar-refractivity contribution is -0.185. The van der Waals surface area contributed by atoms with Crippen molar-refractivity contribution in [3.8, 4) is 0 Å². The second-order valence-corrected chi connectivity index (χ2v) is 9.18. The molecule has 176 valence electrons. The van der Waals surface area contributed by atoms with Crippen LogP contribution in [-0.4, -0.2) is 38.2 Å². The fourth-order valence-corrected chi connectivity index (χ4v) is 4.88. The zero-order valence-corrected chi connectivity index (χ0v) is 19.3. The Morgan fingerprint density at radius 3 is 2.50 bits per heavy atom. The first kappa shape index (κ1) is 22.6. The number of ether oxygens (including phenoxy) is 1. The average Bonchev–Trinajstić information content (AvgIpc) is 3.56. The summed E-state index contributed by atoms with van der Waals surface area (Å²) in [6.45, 7) is 1.71. The molecule has 8 nitrogen and oxygen atoms in total. The standard InChI is InChI=1S/C25H24ClN3O5/c1-14-27-28-24(33-14)22(16-10-11-16)29-21(15-6-3-2-4-7-15)23(17-8-5-9-18(26)12-17)34-19(25(29)32)13-20(30)31/h2-9,12,16,19,21-23H,10-11,13H2,1H3,(H,30,31). The highest BCUT2D eigenvalue weighted by Crippen LogP contribution is 2.52. The van der Waals surface area contributed by atoms with E-state index in [1.807, 2.05) is 42.5 Å². The van der Waals surface area contributed by atoms with Crippen molar-refractivity contribution < 1.29 is 23.8 Å². The van der Waals surface area contributed by atoms with Gasteiger partial charge >= 0.3 is 5.97 Å². The third-order valence-electron chi connectivity index (χ3n) is 6.27. The summed E-state index contributed by atoms with van der Waals surface area (Å²) in [5.41, 5.74) is 1.61. The molecule has 2 heterocycles. The van der Waals surface area contributed by atoms with E-state index < -0.39 is 42.6 Å². The molecule has 1 aromatic heterocycles. The highest BCUT2D eigenvalue weighted by Gasteiger charge is 2.52. The molecule has 2 aromatic carbocycles. The molecule has 4 unspecified atom stereocenters. The lowest BCUT2D eigenvalue weighted by atomic mass is 9.89. The number of aromatic nitrogens is 2. The lowest BCUT2D eigenvalue weighted by Crippen LogP contribution is -2.53. The molecule has 2 fully saturated rings. The van der Waals surface area contributed by atoms with Crippen molar-refractivity contribution in [2.24, 2.45) is 5.92 Å². The van der Waals surface area contributed by atoms with Gasteiger partial charge in [-0.15, -0.1) is 10.2 Å². The summed E-state index contributed by atoms with van der Waals surface area (Å²) in [6.07, 6.45) is -0.443. The first-order valence-electron chi connectivity index (χ1n) is 11.2. The van der Waals surface area contributed by atoms with E-state index in [1.165, 1.54) is 0 Å². The van der Waals surface area contributed by atoms with Crippen LogP contribution in [0.1, 0.15) is 60.4 Å². The van der Waals surface area contributed by atoms with Gasteiger partial charge in [-0.05, 0) is 42.0 Å². The Morgan fingerprint density at radius 2 is 1.88 bits per heavy atom. The second kappa shape index (κ2) is 9.19.